The third-order valence-corrected chi connectivity index (χ3v) is 7.18. The van der Waals surface area contributed by atoms with E-state index in [9.17, 15) is 14.7 Å². The predicted molar refractivity (Wildman–Crippen MR) is 103 cm³/mol. The Morgan fingerprint density at radius 3 is 2.33 bits per heavy atom. The minimum atomic E-state index is -0.230. The van der Waals surface area contributed by atoms with Crippen molar-refractivity contribution in [2.45, 2.75) is 62.5 Å². The van der Waals surface area contributed by atoms with Crippen molar-refractivity contribution in [1.82, 2.24) is 9.80 Å². The second kappa shape index (κ2) is 7.27. The van der Waals surface area contributed by atoms with Crippen LogP contribution in [0.25, 0.3) is 0 Å². The number of amides is 2. The third kappa shape index (κ3) is 3.38. The normalized spacial score (nSPS) is 30.7. The Morgan fingerprint density at radius 1 is 1.07 bits per heavy atom. The molecular formula is C22H30N2O3. The fourth-order valence-corrected chi connectivity index (χ4v) is 5.28. The highest BCUT2D eigenvalue weighted by atomic mass is 16.3. The van der Waals surface area contributed by atoms with E-state index in [1.54, 1.807) is 0 Å². The Kier molecular flexibility index (Phi) is 4.97. The molecular weight excluding hydrogens is 340 g/mol. The topological polar surface area (TPSA) is 60.9 Å². The van der Waals surface area contributed by atoms with Gasteiger partial charge in [0.05, 0.1) is 12.0 Å². The number of aliphatic hydroxyl groups excluding tert-OH is 1. The summed E-state index contributed by atoms with van der Waals surface area (Å²) >= 11 is 0. The zero-order valence-electron chi connectivity index (χ0n) is 16.1. The van der Waals surface area contributed by atoms with Crippen LogP contribution in [0.2, 0.25) is 0 Å². The maximum absolute atomic E-state index is 12.9. The van der Waals surface area contributed by atoms with Crippen molar-refractivity contribution in [3.05, 3.63) is 35.9 Å². The Hall–Kier alpha value is -1.88. The molecule has 146 valence electrons. The average Bonchev–Trinajstić information content (AvgIpc) is 2.95. The summed E-state index contributed by atoms with van der Waals surface area (Å²) < 4.78 is 0. The molecule has 1 aromatic rings. The number of hydrogen-bond acceptors (Lipinski definition) is 3. The van der Waals surface area contributed by atoms with E-state index in [1.807, 2.05) is 47.2 Å². The highest BCUT2D eigenvalue weighted by Gasteiger charge is 2.51. The van der Waals surface area contributed by atoms with Crippen LogP contribution in [0.5, 0.6) is 0 Å². The van der Waals surface area contributed by atoms with Crippen LogP contribution in [0.3, 0.4) is 0 Å². The summed E-state index contributed by atoms with van der Waals surface area (Å²) in [6.45, 7) is 1.47. The van der Waals surface area contributed by atoms with Crippen molar-refractivity contribution in [3.8, 4) is 0 Å². The second-order valence-electron chi connectivity index (χ2n) is 8.62. The molecule has 27 heavy (non-hydrogen) atoms. The summed E-state index contributed by atoms with van der Waals surface area (Å²) in [6, 6.07) is 10.1. The quantitative estimate of drug-likeness (QED) is 0.870. The molecule has 0 bridgehead atoms. The van der Waals surface area contributed by atoms with Gasteiger partial charge < -0.3 is 14.9 Å². The molecule has 1 saturated carbocycles. The van der Waals surface area contributed by atoms with Crippen molar-refractivity contribution in [3.63, 3.8) is 0 Å². The first-order chi connectivity index (χ1) is 13.0. The van der Waals surface area contributed by atoms with Gasteiger partial charge in [-0.25, -0.2) is 0 Å². The molecule has 5 nitrogen and oxygen atoms in total. The Balaban J connectivity index is 1.41. The van der Waals surface area contributed by atoms with E-state index in [-0.39, 0.29) is 35.3 Å². The van der Waals surface area contributed by atoms with Gasteiger partial charge in [-0.05, 0) is 50.5 Å². The zero-order valence-corrected chi connectivity index (χ0v) is 16.1. The molecule has 2 saturated heterocycles. The number of likely N-dealkylation sites (tertiary alicyclic amines) is 2. The first-order valence-corrected chi connectivity index (χ1v) is 10.3. The van der Waals surface area contributed by atoms with Gasteiger partial charge in [0.15, 0.2) is 0 Å². The molecule has 1 aromatic carbocycles. The van der Waals surface area contributed by atoms with Crippen LogP contribution >= 0.6 is 0 Å². The summed E-state index contributed by atoms with van der Waals surface area (Å²) in [7, 11) is 1.94. The van der Waals surface area contributed by atoms with Crippen molar-refractivity contribution in [2.75, 3.05) is 20.1 Å². The number of aliphatic hydroxyl groups is 1. The SMILES string of the molecule is CN1C(=O)C(c2ccccc2)CC12CCN(C(=O)C1CCC(O)CC1)CC2. The number of nitrogens with zero attached hydrogens (tertiary/aromatic N) is 2. The summed E-state index contributed by atoms with van der Waals surface area (Å²) in [5.41, 5.74) is 0.988. The van der Waals surface area contributed by atoms with Gasteiger partial charge in [-0.15, -0.1) is 0 Å². The number of benzene rings is 1. The number of carbonyl (C=O) groups excluding carboxylic acids is 2. The highest BCUT2D eigenvalue weighted by molar-refractivity contribution is 5.87. The van der Waals surface area contributed by atoms with Gasteiger partial charge in [0, 0.05) is 31.6 Å². The van der Waals surface area contributed by atoms with Crippen molar-refractivity contribution >= 4 is 11.8 Å². The fraction of sp³-hybridized carbons (Fsp3) is 0.636. The van der Waals surface area contributed by atoms with Crippen LogP contribution in [0, 0.1) is 5.92 Å². The van der Waals surface area contributed by atoms with Crippen LogP contribution in [-0.2, 0) is 9.59 Å². The molecule has 3 fully saturated rings. The Labute approximate surface area is 161 Å². The van der Waals surface area contributed by atoms with Gasteiger partial charge in [0.25, 0.3) is 0 Å². The van der Waals surface area contributed by atoms with Gasteiger partial charge in [0.1, 0.15) is 0 Å². The van der Waals surface area contributed by atoms with Gasteiger partial charge in [-0.2, -0.15) is 0 Å². The van der Waals surface area contributed by atoms with Gasteiger partial charge >= 0.3 is 0 Å². The average molecular weight is 370 g/mol. The fourth-order valence-electron chi connectivity index (χ4n) is 5.28. The first-order valence-electron chi connectivity index (χ1n) is 10.3. The molecule has 1 spiro atoms. The Bertz CT molecular complexity index is 689. The lowest BCUT2D eigenvalue weighted by Gasteiger charge is -2.44. The van der Waals surface area contributed by atoms with Crippen molar-refractivity contribution in [1.29, 1.82) is 0 Å². The molecule has 2 amide bonds. The molecule has 3 aliphatic rings. The largest absolute Gasteiger partial charge is 0.393 e. The van der Waals surface area contributed by atoms with Crippen LogP contribution in [-0.4, -0.2) is 58.5 Å². The number of likely N-dealkylation sites (N-methyl/N-ethyl adjacent to an activating group) is 1. The lowest BCUT2D eigenvalue weighted by molar-refractivity contribution is -0.140. The van der Waals surface area contributed by atoms with E-state index < -0.39 is 0 Å². The molecule has 1 N–H and O–H groups in total. The lowest BCUT2D eigenvalue weighted by Crippen LogP contribution is -2.53. The molecule has 4 rings (SSSR count). The number of piperidine rings is 1. The second-order valence-corrected chi connectivity index (χ2v) is 8.62. The van der Waals surface area contributed by atoms with E-state index in [1.165, 1.54) is 0 Å². The van der Waals surface area contributed by atoms with Crippen LogP contribution in [0.15, 0.2) is 30.3 Å². The summed E-state index contributed by atoms with van der Waals surface area (Å²) in [5, 5.41) is 9.67. The molecule has 1 unspecified atom stereocenters. The Morgan fingerprint density at radius 2 is 1.70 bits per heavy atom. The summed E-state index contributed by atoms with van der Waals surface area (Å²) in [4.78, 5) is 29.7. The smallest absolute Gasteiger partial charge is 0.230 e. The van der Waals surface area contributed by atoms with E-state index in [4.69, 9.17) is 0 Å². The first kappa shape index (κ1) is 18.5. The summed E-state index contributed by atoms with van der Waals surface area (Å²) in [5.74, 6) is 0.478. The molecule has 2 aliphatic heterocycles. The minimum absolute atomic E-state index is 0.0571. The maximum atomic E-state index is 12.9. The van der Waals surface area contributed by atoms with Crippen molar-refractivity contribution < 1.29 is 14.7 Å². The van der Waals surface area contributed by atoms with Gasteiger partial charge in [-0.3, -0.25) is 9.59 Å². The van der Waals surface area contributed by atoms with Crippen molar-refractivity contribution in [2.24, 2.45) is 5.92 Å². The monoisotopic (exact) mass is 370 g/mol. The lowest BCUT2D eigenvalue weighted by atomic mass is 9.80. The molecule has 5 heteroatoms. The van der Waals surface area contributed by atoms with E-state index >= 15 is 0 Å². The number of rotatable bonds is 2. The van der Waals surface area contributed by atoms with Crippen LogP contribution < -0.4 is 0 Å². The van der Waals surface area contributed by atoms with E-state index in [2.05, 4.69) is 0 Å². The highest BCUT2D eigenvalue weighted by Crippen LogP contribution is 2.45. The molecule has 2 heterocycles. The maximum Gasteiger partial charge on any atom is 0.230 e. The molecule has 1 atom stereocenters. The molecule has 0 aromatic heterocycles. The number of carbonyl (C=O) groups is 2. The van der Waals surface area contributed by atoms with Gasteiger partial charge in [-0.1, -0.05) is 30.3 Å². The predicted octanol–water partition coefficient (Wildman–Crippen LogP) is 2.54. The minimum Gasteiger partial charge on any atom is -0.393 e. The molecule has 0 radical (unpaired) electrons. The molecule has 1 aliphatic carbocycles. The van der Waals surface area contributed by atoms with E-state index in [0.29, 0.717) is 0 Å². The standard InChI is InChI=1S/C22H30N2O3/c1-23-21(27)19(16-5-3-2-4-6-16)15-22(23)11-13-24(14-12-22)20(26)17-7-9-18(25)10-8-17/h2-6,17-19,25H,7-15H2,1H3. The summed E-state index contributed by atoms with van der Waals surface area (Å²) in [6.07, 6.45) is 5.43. The van der Waals surface area contributed by atoms with Crippen LogP contribution in [0.4, 0.5) is 0 Å². The third-order valence-electron chi connectivity index (χ3n) is 7.18. The number of hydrogen-bond donors (Lipinski definition) is 1. The van der Waals surface area contributed by atoms with E-state index in [0.717, 1.165) is 63.6 Å². The van der Waals surface area contributed by atoms with Crippen LogP contribution in [0.1, 0.15) is 56.4 Å². The van der Waals surface area contributed by atoms with Gasteiger partial charge in [0.2, 0.25) is 11.8 Å². The zero-order chi connectivity index (χ0) is 19.0.